The first-order valence-electron chi connectivity index (χ1n) is 9.37. The lowest BCUT2D eigenvalue weighted by molar-refractivity contribution is -0.113. The third-order valence-corrected chi connectivity index (χ3v) is 4.87. The van der Waals surface area contributed by atoms with Gasteiger partial charge in [-0.3, -0.25) is 9.69 Å². The van der Waals surface area contributed by atoms with Crippen LogP contribution in [0.3, 0.4) is 0 Å². The van der Waals surface area contributed by atoms with Crippen LogP contribution in [0.25, 0.3) is 6.08 Å². The summed E-state index contributed by atoms with van der Waals surface area (Å²) < 4.78 is 11.5. The monoisotopic (exact) mass is 404 g/mol. The number of hydrogen-bond acceptors (Lipinski definition) is 4. The Morgan fingerprint density at radius 1 is 1.07 bits per heavy atom. The molecule has 1 aromatic heterocycles. The first kappa shape index (κ1) is 19.0. The fourth-order valence-electron chi connectivity index (χ4n) is 3.14. The second-order valence-electron chi connectivity index (χ2n) is 6.52. The number of carbonyl (C=O) groups is 1. The molecule has 3 aromatic rings. The lowest BCUT2D eigenvalue weighted by Crippen LogP contribution is -2.31. The molecule has 146 valence electrons. The van der Waals surface area contributed by atoms with Gasteiger partial charge in [-0.25, -0.2) is 0 Å². The summed E-state index contributed by atoms with van der Waals surface area (Å²) >= 11 is 5.40. The number of hydrogen-bond donors (Lipinski definition) is 1. The molecule has 0 unspecified atom stereocenters. The highest BCUT2D eigenvalue weighted by Crippen LogP contribution is 2.27. The number of nitrogens with one attached hydrogen (secondary N) is 1. The number of aryl methyl sites for hydroxylation is 1. The lowest BCUT2D eigenvalue weighted by atomic mass is 10.1. The van der Waals surface area contributed by atoms with Crippen LogP contribution in [0, 0.1) is 0 Å². The van der Waals surface area contributed by atoms with Gasteiger partial charge in [0.15, 0.2) is 5.11 Å². The van der Waals surface area contributed by atoms with Crippen LogP contribution >= 0.6 is 12.2 Å². The number of para-hydroxylation sites is 2. The van der Waals surface area contributed by atoms with Crippen molar-refractivity contribution in [2.24, 2.45) is 0 Å². The average Bonchev–Trinajstić information content (AvgIpc) is 3.31. The third kappa shape index (κ3) is 4.07. The van der Waals surface area contributed by atoms with E-state index in [-0.39, 0.29) is 5.91 Å². The second kappa shape index (κ2) is 8.32. The molecular weight excluding hydrogens is 384 g/mol. The first-order valence-corrected chi connectivity index (χ1v) is 9.78. The van der Waals surface area contributed by atoms with Gasteiger partial charge in [0.25, 0.3) is 5.91 Å². The van der Waals surface area contributed by atoms with Gasteiger partial charge in [0.2, 0.25) is 0 Å². The molecule has 0 spiro atoms. The molecule has 0 aliphatic carbocycles. The van der Waals surface area contributed by atoms with Crippen LogP contribution in [0.4, 0.5) is 5.69 Å². The SMILES string of the molecule is CCc1ccccc1N1C(=O)/C(=C\c2ccc(COc3ccccc3)o2)NC1=S. The van der Waals surface area contributed by atoms with Crippen LogP contribution < -0.4 is 15.0 Å². The number of amides is 1. The number of furan rings is 1. The molecule has 4 rings (SSSR count). The molecule has 0 atom stereocenters. The van der Waals surface area contributed by atoms with E-state index < -0.39 is 0 Å². The van der Waals surface area contributed by atoms with Crippen LogP contribution in [0.15, 0.2) is 76.8 Å². The fraction of sp³-hybridized carbons (Fsp3) is 0.130. The zero-order chi connectivity index (χ0) is 20.2. The summed E-state index contributed by atoms with van der Waals surface area (Å²) in [5, 5.41) is 3.36. The lowest BCUT2D eigenvalue weighted by Gasteiger charge is -2.17. The molecule has 2 heterocycles. The molecule has 1 aliphatic rings. The highest BCUT2D eigenvalue weighted by Gasteiger charge is 2.33. The van der Waals surface area contributed by atoms with E-state index in [0.29, 0.717) is 28.9 Å². The normalized spacial score (nSPS) is 15.1. The minimum absolute atomic E-state index is 0.200. The van der Waals surface area contributed by atoms with Crippen LogP contribution in [0.2, 0.25) is 0 Å². The van der Waals surface area contributed by atoms with E-state index in [4.69, 9.17) is 21.4 Å². The Morgan fingerprint density at radius 3 is 2.62 bits per heavy atom. The van der Waals surface area contributed by atoms with Gasteiger partial charge >= 0.3 is 0 Å². The van der Waals surface area contributed by atoms with E-state index >= 15 is 0 Å². The maximum Gasteiger partial charge on any atom is 0.281 e. The van der Waals surface area contributed by atoms with Crippen molar-refractivity contribution in [3.63, 3.8) is 0 Å². The van der Waals surface area contributed by atoms with Gasteiger partial charge in [-0.15, -0.1) is 0 Å². The van der Waals surface area contributed by atoms with Gasteiger partial charge in [0, 0.05) is 6.08 Å². The Hall–Kier alpha value is -3.38. The van der Waals surface area contributed by atoms with Crippen molar-refractivity contribution in [1.29, 1.82) is 0 Å². The van der Waals surface area contributed by atoms with E-state index in [9.17, 15) is 4.79 Å². The number of benzene rings is 2. The highest BCUT2D eigenvalue weighted by atomic mass is 32.1. The van der Waals surface area contributed by atoms with Crippen molar-refractivity contribution in [3.05, 3.63) is 89.5 Å². The van der Waals surface area contributed by atoms with Crippen molar-refractivity contribution in [2.75, 3.05) is 4.90 Å². The summed E-state index contributed by atoms with van der Waals surface area (Å²) in [7, 11) is 0. The Balaban J connectivity index is 1.50. The van der Waals surface area contributed by atoms with Gasteiger partial charge in [0.1, 0.15) is 29.6 Å². The Bertz CT molecular complexity index is 1070. The molecule has 0 bridgehead atoms. The zero-order valence-electron chi connectivity index (χ0n) is 15.9. The first-order chi connectivity index (χ1) is 14.2. The number of nitrogens with zero attached hydrogens (tertiary/aromatic N) is 1. The minimum atomic E-state index is -0.200. The van der Waals surface area contributed by atoms with E-state index in [1.165, 1.54) is 4.90 Å². The van der Waals surface area contributed by atoms with Crippen molar-refractivity contribution in [2.45, 2.75) is 20.0 Å². The molecule has 5 nitrogen and oxygen atoms in total. The summed E-state index contributed by atoms with van der Waals surface area (Å²) in [5.74, 6) is 1.80. The quantitative estimate of drug-likeness (QED) is 0.477. The number of rotatable bonds is 6. The predicted molar refractivity (Wildman–Crippen MR) is 116 cm³/mol. The summed E-state index contributed by atoms with van der Waals surface area (Å²) in [6.45, 7) is 2.36. The van der Waals surface area contributed by atoms with Gasteiger partial charge in [-0.2, -0.15) is 0 Å². The molecule has 1 amide bonds. The van der Waals surface area contributed by atoms with Crippen molar-refractivity contribution in [1.82, 2.24) is 5.32 Å². The van der Waals surface area contributed by atoms with Gasteiger partial charge in [0.05, 0.1) is 5.69 Å². The Morgan fingerprint density at radius 2 is 1.83 bits per heavy atom. The van der Waals surface area contributed by atoms with Crippen molar-refractivity contribution in [3.8, 4) is 5.75 Å². The predicted octanol–water partition coefficient (Wildman–Crippen LogP) is 4.68. The van der Waals surface area contributed by atoms with E-state index in [0.717, 1.165) is 23.4 Å². The maximum absolute atomic E-state index is 12.9. The molecule has 6 heteroatoms. The topological polar surface area (TPSA) is 54.7 Å². The van der Waals surface area contributed by atoms with Crippen LogP contribution in [0.1, 0.15) is 24.0 Å². The Kier molecular flexibility index (Phi) is 5.44. The second-order valence-corrected chi connectivity index (χ2v) is 6.90. The molecule has 0 radical (unpaired) electrons. The van der Waals surface area contributed by atoms with Gasteiger partial charge in [-0.1, -0.05) is 43.3 Å². The molecule has 29 heavy (non-hydrogen) atoms. The zero-order valence-corrected chi connectivity index (χ0v) is 16.7. The van der Waals surface area contributed by atoms with Crippen LogP contribution in [0.5, 0.6) is 5.75 Å². The highest BCUT2D eigenvalue weighted by molar-refractivity contribution is 7.80. The summed E-state index contributed by atoms with van der Waals surface area (Å²) in [6, 6.07) is 20.9. The minimum Gasteiger partial charge on any atom is -0.486 e. The van der Waals surface area contributed by atoms with Crippen LogP contribution in [-0.2, 0) is 17.8 Å². The third-order valence-electron chi connectivity index (χ3n) is 4.58. The van der Waals surface area contributed by atoms with E-state index in [1.54, 1.807) is 12.1 Å². The molecular formula is C23H20N2O3S. The van der Waals surface area contributed by atoms with Crippen molar-refractivity contribution < 1.29 is 13.9 Å². The largest absolute Gasteiger partial charge is 0.486 e. The number of thiocarbonyl (C=S) groups is 1. The summed E-state index contributed by atoms with van der Waals surface area (Å²) in [6.07, 6.45) is 2.47. The number of ether oxygens (including phenoxy) is 1. The smallest absolute Gasteiger partial charge is 0.281 e. The summed E-state index contributed by atoms with van der Waals surface area (Å²) in [4.78, 5) is 14.5. The molecule has 0 saturated carbocycles. The molecule has 1 saturated heterocycles. The van der Waals surface area contributed by atoms with Crippen LogP contribution in [-0.4, -0.2) is 11.0 Å². The van der Waals surface area contributed by atoms with Gasteiger partial charge < -0.3 is 14.5 Å². The Labute approximate surface area is 174 Å². The molecule has 1 N–H and O–H groups in total. The maximum atomic E-state index is 12.9. The van der Waals surface area contributed by atoms with E-state index in [2.05, 4.69) is 12.2 Å². The van der Waals surface area contributed by atoms with Gasteiger partial charge in [-0.05, 0) is 54.5 Å². The van der Waals surface area contributed by atoms with E-state index in [1.807, 2.05) is 60.7 Å². The standard InChI is InChI=1S/C23H20N2O3S/c1-2-16-8-6-7-11-21(16)25-22(26)20(24-23(25)29)14-18-12-13-19(28-18)15-27-17-9-4-3-5-10-17/h3-14H,2,15H2,1H3,(H,24,29)/b20-14+. The molecule has 1 aliphatic heterocycles. The average molecular weight is 404 g/mol. The molecule has 1 fully saturated rings. The number of carbonyl (C=O) groups excluding carboxylic acids is 1. The van der Waals surface area contributed by atoms with Crippen molar-refractivity contribution >= 4 is 35.0 Å². The summed E-state index contributed by atoms with van der Waals surface area (Å²) in [5.41, 5.74) is 2.24. The molecule has 2 aromatic carbocycles. The number of anilines is 1. The fourth-order valence-corrected chi connectivity index (χ4v) is 3.44.